The number of imide groups is 1. The maximum atomic E-state index is 11.4. The third-order valence-corrected chi connectivity index (χ3v) is 3.31. The van der Waals surface area contributed by atoms with Crippen molar-refractivity contribution in [1.82, 2.24) is 5.06 Å². The van der Waals surface area contributed by atoms with Gasteiger partial charge in [-0.25, -0.2) is 4.79 Å². The molecule has 96 valence electrons. The van der Waals surface area contributed by atoms with Crippen LogP contribution in [0.5, 0.6) is 0 Å². The Bertz CT molecular complexity index is 299. The van der Waals surface area contributed by atoms with Crippen LogP contribution in [0.4, 0.5) is 0 Å². The molecule has 1 atom stereocenters. The van der Waals surface area contributed by atoms with Crippen molar-refractivity contribution < 1.29 is 19.2 Å². The van der Waals surface area contributed by atoms with Crippen molar-refractivity contribution in [3.8, 4) is 0 Å². The van der Waals surface area contributed by atoms with Crippen LogP contribution in [0, 0.1) is 5.92 Å². The Morgan fingerprint density at radius 2 is 2.00 bits per heavy atom. The van der Waals surface area contributed by atoms with E-state index in [1.807, 2.05) is 6.92 Å². The van der Waals surface area contributed by atoms with Crippen LogP contribution in [-0.4, -0.2) is 28.6 Å². The van der Waals surface area contributed by atoms with Gasteiger partial charge in [-0.05, 0) is 18.1 Å². The molecule has 2 amide bonds. The summed E-state index contributed by atoms with van der Waals surface area (Å²) in [6, 6.07) is 0. The summed E-state index contributed by atoms with van der Waals surface area (Å²) < 4.78 is 0. The van der Waals surface area contributed by atoms with E-state index >= 15 is 0 Å². The second-order valence-corrected chi connectivity index (χ2v) is 4.41. The molecular weight excluding hydrogens is 242 g/mol. The van der Waals surface area contributed by atoms with Gasteiger partial charge in [0.05, 0.1) is 0 Å². The smallest absolute Gasteiger partial charge is 0.330 e. The number of hydroxylamine groups is 2. The fourth-order valence-corrected chi connectivity index (χ4v) is 1.99. The quantitative estimate of drug-likeness (QED) is 0.577. The number of rotatable bonds is 6. The molecule has 1 saturated heterocycles. The number of amides is 2. The van der Waals surface area contributed by atoms with Gasteiger partial charge in [-0.1, -0.05) is 13.3 Å². The molecular formula is C11H17NO4S. The number of hydrogen-bond donors (Lipinski definition) is 1. The van der Waals surface area contributed by atoms with Gasteiger partial charge in [-0.15, -0.1) is 5.06 Å². The van der Waals surface area contributed by atoms with Gasteiger partial charge >= 0.3 is 5.97 Å². The first-order valence-corrected chi connectivity index (χ1v) is 6.39. The predicted molar refractivity (Wildman–Crippen MR) is 64.0 cm³/mol. The first kappa shape index (κ1) is 14.0. The summed E-state index contributed by atoms with van der Waals surface area (Å²) >= 11 is 4.17. The second-order valence-electron chi connectivity index (χ2n) is 4.04. The van der Waals surface area contributed by atoms with Crippen molar-refractivity contribution in [3.63, 3.8) is 0 Å². The first-order valence-electron chi connectivity index (χ1n) is 5.76. The van der Waals surface area contributed by atoms with E-state index in [1.54, 1.807) is 0 Å². The second kappa shape index (κ2) is 6.64. The zero-order chi connectivity index (χ0) is 12.8. The van der Waals surface area contributed by atoms with Gasteiger partial charge in [0.25, 0.3) is 11.8 Å². The van der Waals surface area contributed by atoms with Crippen molar-refractivity contribution in [1.29, 1.82) is 0 Å². The van der Waals surface area contributed by atoms with Crippen molar-refractivity contribution in [2.24, 2.45) is 5.92 Å². The normalized spacial score (nSPS) is 17.4. The monoisotopic (exact) mass is 259 g/mol. The van der Waals surface area contributed by atoms with E-state index in [-0.39, 0.29) is 19.3 Å². The van der Waals surface area contributed by atoms with Gasteiger partial charge in [0.1, 0.15) is 0 Å². The number of hydrogen-bond acceptors (Lipinski definition) is 5. The fourth-order valence-electron chi connectivity index (χ4n) is 1.55. The van der Waals surface area contributed by atoms with Gasteiger partial charge in [-0.2, -0.15) is 12.6 Å². The first-order chi connectivity index (χ1) is 8.08. The van der Waals surface area contributed by atoms with Crippen LogP contribution in [0.15, 0.2) is 0 Å². The zero-order valence-corrected chi connectivity index (χ0v) is 10.7. The maximum Gasteiger partial charge on any atom is 0.333 e. The molecule has 0 saturated carbocycles. The Balaban J connectivity index is 2.34. The lowest BCUT2D eigenvalue weighted by Gasteiger charge is -2.14. The van der Waals surface area contributed by atoms with Crippen LogP contribution in [0.1, 0.15) is 39.0 Å². The molecule has 0 aromatic rings. The number of nitrogens with zero attached hydrogens (tertiary/aromatic N) is 1. The van der Waals surface area contributed by atoms with E-state index in [0.717, 1.165) is 6.42 Å². The summed E-state index contributed by atoms with van der Waals surface area (Å²) in [5, 5.41) is 0.587. The molecule has 0 spiro atoms. The highest BCUT2D eigenvalue weighted by atomic mass is 32.1. The SMILES string of the molecule is CCC(CS)CCC(=O)ON1C(=O)CCC1=O. The van der Waals surface area contributed by atoms with Gasteiger partial charge in [0.15, 0.2) is 0 Å². The van der Waals surface area contributed by atoms with Crippen LogP contribution in [0.2, 0.25) is 0 Å². The number of thiol groups is 1. The van der Waals surface area contributed by atoms with E-state index in [2.05, 4.69) is 12.6 Å². The van der Waals surface area contributed by atoms with Crippen molar-refractivity contribution >= 4 is 30.4 Å². The summed E-state index contributed by atoms with van der Waals surface area (Å²) in [7, 11) is 0. The molecule has 0 N–H and O–H groups in total. The van der Waals surface area contributed by atoms with E-state index < -0.39 is 17.8 Å². The number of carbonyl (C=O) groups is 3. The average molecular weight is 259 g/mol. The summed E-state index contributed by atoms with van der Waals surface area (Å²) in [5.41, 5.74) is 0. The lowest BCUT2D eigenvalue weighted by atomic mass is 10.0. The minimum atomic E-state index is -0.533. The molecule has 1 heterocycles. The minimum Gasteiger partial charge on any atom is -0.330 e. The van der Waals surface area contributed by atoms with E-state index in [4.69, 9.17) is 4.84 Å². The van der Waals surface area contributed by atoms with E-state index in [9.17, 15) is 14.4 Å². The molecule has 0 radical (unpaired) electrons. The molecule has 17 heavy (non-hydrogen) atoms. The Kier molecular flexibility index (Phi) is 5.47. The van der Waals surface area contributed by atoms with Gasteiger partial charge in [0.2, 0.25) is 0 Å². The van der Waals surface area contributed by atoms with Gasteiger partial charge in [-0.3, -0.25) is 9.59 Å². The van der Waals surface area contributed by atoms with Crippen LogP contribution in [0.25, 0.3) is 0 Å². The Morgan fingerprint density at radius 1 is 1.41 bits per heavy atom. The molecule has 1 rings (SSSR count). The Labute approximate surface area is 106 Å². The van der Waals surface area contributed by atoms with Crippen molar-refractivity contribution in [2.75, 3.05) is 5.75 Å². The summed E-state index contributed by atoms with van der Waals surface area (Å²) in [6.07, 6.45) is 2.06. The van der Waals surface area contributed by atoms with E-state index in [0.29, 0.717) is 23.2 Å². The highest BCUT2D eigenvalue weighted by molar-refractivity contribution is 7.80. The molecule has 1 aliphatic heterocycles. The van der Waals surface area contributed by atoms with Gasteiger partial charge < -0.3 is 4.84 Å². The molecule has 0 bridgehead atoms. The van der Waals surface area contributed by atoms with Crippen molar-refractivity contribution in [2.45, 2.75) is 39.0 Å². The highest BCUT2D eigenvalue weighted by Crippen LogP contribution is 2.16. The van der Waals surface area contributed by atoms with Crippen LogP contribution in [0.3, 0.4) is 0 Å². The molecule has 0 aliphatic carbocycles. The van der Waals surface area contributed by atoms with Gasteiger partial charge in [0, 0.05) is 19.3 Å². The standard InChI is InChI=1S/C11H17NO4S/c1-2-8(7-17)3-6-11(15)16-12-9(13)4-5-10(12)14/h8,17H,2-7H2,1H3. The molecule has 1 fully saturated rings. The van der Waals surface area contributed by atoms with E-state index in [1.165, 1.54) is 0 Å². The summed E-state index contributed by atoms with van der Waals surface area (Å²) in [6.45, 7) is 2.03. The van der Waals surface area contributed by atoms with Crippen molar-refractivity contribution in [3.05, 3.63) is 0 Å². The largest absolute Gasteiger partial charge is 0.333 e. The molecule has 0 aromatic heterocycles. The lowest BCUT2D eigenvalue weighted by Crippen LogP contribution is -2.32. The third kappa shape index (κ3) is 4.03. The molecule has 1 unspecified atom stereocenters. The minimum absolute atomic E-state index is 0.125. The topological polar surface area (TPSA) is 63.7 Å². The lowest BCUT2D eigenvalue weighted by molar-refractivity contribution is -0.197. The van der Waals surface area contributed by atoms with Crippen LogP contribution < -0.4 is 0 Å². The summed E-state index contributed by atoms with van der Waals surface area (Å²) in [5.74, 6) is -0.343. The maximum absolute atomic E-state index is 11.4. The molecule has 5 nitrogen and oxygen atoms in total. The predicted octanol–water partition coefficient (Wildman–Crippen LogP) is 1.33. The zero-order valence-electron chi connectivity index (χ0n) is 9.85. The molecule has 0 aromatic carbocycles. The highest BCUT2D eigenvalue weighted by Gasteiger charge is 2.32. The Hall–Kier alpha value is -1.04. The molecule has 1 aliphatic rings. The number of carbonyl (C=O) groups excluding carboxylic acids is 3. The Morgan fingerprint density at radius 3 is 2.47 bits per heavy atom. The summed E-state index contributed by atoms with van der Waals surface area (Å²) in [4.78, 5) is 38.6. The van der Waals surface area contributed by atoms with Crippen LogP contribution >= 0.6 is 12.6 Å². The average Bonchev–Trinajstić information content (AvgIpc) is 2.62. The fraction of sp³-hybridized carbons (Fsp3) is 0.727. The molecule has 6 heteroatoms. The van der Waals surface area contributed by atoms with Crippen LogP contribution in [-0.2, 0) is 19.2 Å². The third-order valence-electron chi connectivity index (χ3n) is 2.79.